The summed E-state index contributed by atoms with van der Waals surface area (Å²) < 4.78 is 22.5. The quantitative estimate of drug-likeness (QED) is 0.726. The van der Waals surface area contributed by atoms with Gasteiger partial charge >= 0.3 is 12.0 Å². The minimum Gasteiger partial charge on any atom is -0.462 e. The molecule has 2 amide bonds. The Balaban J connectivity index is 1.60. The molecule has 1 aromatic rings. The van der Waals surface area contributed by atoms with Crippen molar-refractivity contribution in [2.24, 2.45) is 10.9 Å². The molecule has 3 aliphatic heterocycles. The topological polar surface area (TPSA) is 95.5 Å². The third-order valence-corrected chi connectivity index (χ3v) is 5.54. The normalized spacial score (nSPS) is 26.5. The average molecular weight is 439 g/mol. The van der Waals surface area contributed by atoms with Crippen LogP contribution in [0.3, 0.4) is 0 Å². The fraction of sp³-hybridized carbons (Fsp3) is 0.500. The van der Waals surface area contributed by atoms with Gasteiger partial charge in [-0.1, -0.05) is 15.9 Å². The SMILES string of the molecule is CC1=NC(=O)NC(c2cc3c(cc2Br)OCO3)C1C(=O)OCC1CCCO1. The van der Waals surface area contributed by atoms with Crippen molar-refractivity contribution >= 4 is 33.6 Å². The van der Waals surface area contributed by atoms with Crippen molar-refractivity contribution in [3.8, 4) is 11.5 Å². The van der Waals surface area contributed by atoms with Gasteiger partial charge in [-0.2, -0.15) is 0 Å². The van der Waals surface area contributed by atoms with E-state index in [-0.39, 0.29) is 19.5 Å². The minimum atomic E-state index is -0.735. The second-order valence-electron chi connectivity index (χ2n) is 6.65. The van der Waals surface area contributed by atoms with Crippen LogP contribution >= 0.6 is 15.9 Å². The van der Waals surface area contributed by atoms with Crippen LogP contribution < -0.4 is 14.8 Å². The van der Waals surface area contributed by atoms with E-state index in [1.54, 1.807) is 19.1 Å². The van der Waals surface area contributed by atoms with Crippen molar-refractivity contribution in [1.29, 1.82) is 0 Å². The highest BCUT2D eigenvalue weighted by Crippen LogP contribution is 2.41. The van der Waals surface area contributed by atoms with Crippen molar-refractivity contribution in [2.45, 2.75) is 31.9 Å². The van der Waals surface area contributed by atoms with Gasteiger partial charge in [-0.15, -0.1) is 0 Å². The van der Waals surface area contributed by atoms with Crippen LogP contribution in [0.1, 0.15) is 31.4 Å². The highest BCUT2D eigenvalue weighted by Gasteiger charge is 2.40. The third kappa shape index (κ3) is 3.66. The van der Waals surface area contributed by atoms with Crippen LogP contribution in [0.2, 0.25) is 0 Å². The van der Waals surface area contributed by atoms with Crippen molar-refractivity contribution < 1.29 is 28.5 Å². The fourth-order valence-electron chi connectivity index (χ4n) is 3.50. The van der Waals surface area contributed by atoms with Crippen molar-refractivity contribution in [3.63, 3.8) is 0 Å². The number of benzene rings is 1. The molecule has 3 atom stereocenters. The summed E-state index contributed by atoms with van der Waals surface area (Å²) in [6, 6.07) is 2.40. The van der Waals surface area contributed by atoms with E-state index in [1.807, 2.05) is 0 Å². The van der Waals surface area contributed by atoms with Gasteiger partial charge in [0.25, 0.3) is 0 Å². The van der Waals surface area contributed by atoms with Crippen LogP contribution in [0.25, 0.3) is 0 Å². The molecule has 3 heterocycles. The van der Waals surface area contributed by atoms with Crippen molar-refractivity contribution in [1.82, 2.24) is 5.32 Å². The van der Waals surface area contributed by atoms with Crippen LogP contribution in [-0.4, -0.2) is 43.8 Å². The number of hydrogen-bond donors (Lipinski definition) is 1. The molecular formula is C18H19BrN2O6. The maximum atomic E-state index is 12.8. The lowest BCUT2D eigenvalue weighted by Gasteiger charge is -2.30. The summed E-state index contributed by atoms with van der Waals surface area (Å²) in [4.78, 5) is 28.7. The van der Waals surface area contributed by atoms with E-state index in [9.17, 15) is 9.59 Å². The Morgan fingerprint density at radius 3 is 2.89 bits per heavy atom. The second-order valence-corrected chi connectivity index (χ2v) is 7.50. The Morgan fingerprint density at radius 2 is 2.15 bits per heavy atom. The van der Waals surface area contributed by atoms with Gasteiger partial charge in [0.1, 0.15) is 12.5 Å². The molecule has 27 heavy (non-hydrogen) atoms. The van der Waals surface area contributed by atoms with Gasteiger partial charge < -0.3 is 24.3 Å². The number of nitrogens with zero attached hydrogens (tertiary/aromatic N) is 1. The zero-order valence-corrected chi connectivity index (χ0v) is 16.3. The number of aliphatic imine (C=N–C) groups is 1. The molecule has 3 aliphatic rings. The summed E-state index contributed by atoms with van der Waals surface area (Å²) >= 11 is 3.50. The molecule has 0 radical (unpaired) electrons. The molecule has 1 N–H and O–H groups in total. The Labute approximate surface area is 164 Å². The first-order valence-electron chi connectivity index (χ1n) is 8.76. The third-order valence-electron chi connectivity index (χ3n) is 4.86. The predicted molar refractivity (Wildman–Crippen MR) is 98.1 cm³/mol. The Kier molecular flexibility index (Phi) is 5.05. The Morgan fingerprint density at radius 1 is 1.37 bits per heavy atom. The molecule has 9 heteroatoms. The molecular weight excluding hydrogens is 420 g/mol. The van der Waals surface area contributed by atoms with E-state index in [4.69, 9.17) is 18.9 Å². The Hall–Kier alpha value is -2.13. The van der Waals surface area contributed by atoms with E-state index < -0.39 is 24.0 Å². The van der Waals surface area contributed by atoms with E-state index in [0.717, 1.165) is 12.8 Å². The van der Waals surface area contributed by atoms with Gasteiger partial charge in [-0.3, -0.25) is 4.79 Å². The molecule has 1 saturated heterocycles. The molecule has 0 bridgehead atoms. The highest BCUT2D eigenvalue weighted by atomic mass is 79.9. The molecule has 0 aliphatic carbocycles. The van der Waals surface area contributed by atoms with Gasteiger partial charge in [0.05, 0.1) is 12.1 Å². The predicted octanol–water partition coefficient (Wildman–Crippen LogP) is 2.74. The molecule has 1 fully saturated rings. The summed E-state index contributed by atoms with van der Waals surface area (Å²) in [5.74, 6) is -0.00756. The summed E-state index contributed by atoms with van der Waals surface area (Å²) in [6.07, 6.45) is 1.77. The maximum Gasteiger partial charge on any atom is 0.341 e. The summed E-state index contributed by atoms with van der Waals surface area (Å²) in [6.45, 7) is 2.68. The van der Waals surface area contributed by atoms with Crippen LogP contribution in [0.4, 0.5) is 4.79 Å². The number of fused-ring (bicyclic) bond motifs is 1. The first-order valence-corrected chi connectivity index (χ1v) is 9.55. The first kappa shape index (κ1) is 18.2. The molecule has 144 valence electrons. The lowest BCUT2D eigenvalue weighted by Crippen LogP contribution is -2.44. The Bertz CT molecular complexity index is 805. The maximum absolute atomic E-state index is 12.8. The lowest BCUT2D eigenvalue weighted by molar-refractivity contribution is -0.150. The van der Waals surface area contributed by atoms with Gasteiger partial charge in [-0.05, 0) is 37.5 Å². The van der Waals surface area contributed by atoms with Gasteiger partial charge in [-0.25, -0.2) is 9.79 Å². The molecule has 0 spiro atoms. The number of urea groups is 1. The van der Waals surface area contributed by atoms with Crippen molar-refractivity contribution in [3.05, 3.63) is 22.2 Å². The zero-order chi connectivity index (χ0) is 19.0. The zero-order valence-electron chi connectivity index (χ0n) is 14.7. The van der Waals surface area contributed by atoms with Gasteiger partial charge in [0.2, 0.25) is 6.79 Å². The second kappa shape index (κ2) is 7.47. The van der Waals surface area contributed by atoms with Crippen LogP contribution in [0.5, 0.6) is 11.5 Å². The van der Waals surface area contributed by atoms with E-state index in [0.29, 0.717) is 33.9 Å². The van der Waals surface area contributed by atoms with E-state index in [1.165, 1.54) is 0 Å². The monoisotopic (exact) mass is 438 g/mol. The molecule has 0 aromatic heterocycles. The van der Waals surface area contributed by atoms with Crippen molar-refractivity contribution in [2.75, 3.05) is 20.0 Å². The number of esters is 1. The molecule has 0 saturated carbocycles. The molecule has 4 rings (SSSR count). The number of amides is 2. The average Bonchev–Trinajstić information content (AvgIpc) is 3.29. The summed E-state index contributed by atoms with van der Waals surface area (Å²) in [7, 11) is 0. The standard InChI is InChI=1S/C18H19BrN2O6/c1-9-15(17(22)25-7-10-3-2-4-24-10)16(21-18(23)20-9)11-5-13-14(6-12(11)19)27-8-26-13/h5-6,10,15-16H,2-4,7-8H2,1H3,(H,21,23). The number of carbonyl (C=O) groups excluding carboxylic acids is 2. The van der Waals surface area contributed by atoms with E-state index in [2.05, 4.69) is 26.2 Å². The number of ether oxygens (including phenoxy) is 4. The van der Waals surface area contributed by atoms with E-state index >= 15 is 0 Å². The highest BCUT2D eigenvalue weighted by molar-refractivity contribution is 9.10. The van der Waals surface area contributed by atoms with Gasteiger partial charge in [0.15, 0.2) is 11.5 Å². The summed E-state index contributed by atoms with van der Waals surface area (Å²) in [5.41, 5.74) is 1.10. The van der Waals surface area contributed by atoms with Crippen LogP contribution in [0, 0.1) is 5.92 Å². The molecule has 8 nitrogen and oxygen atoms in total. The lowest BCUT2D eigenvalue weighted by atomic mass is 9.88. The fourth-order valence-corrected chi connectivity index (χ4v) is 4.06. The molecule has 1 aromatic carbocycles. The number of nitrogens with one attached hydrogen (secondary N) is 1. The van der Waals surface area contributed by atoms with Gasteiger partial charge in [0, 0.05) is 16.8 Å². The van der Waals surface area contributed by atoms with Crippen LogP contribution in [-0.2, 0) is 14.3 Å². The smallest absolute Gasteiger partial charge is 0.341 e. The van der Waals surface area contributed by atoms with Crippen LogP contribution in [0.15, 0.2) is 21.6 Å². The number of hydrogen-bond acceptors (Lipinski definition) is 6. The number of carbonyl (C=O) groups is 2. The number of rotatable bonds is 4. The largest absolute Gasteiger partial charge is 0.462 e. The first-order chi connectivity index (χ1) is 13.0. The minimum absolute atomic E-state index is 0.0693. The number of halogens is 1. The molecule has 3 unspecified atom stereocenters. The summed E-state index contributed by atoms with van der Waals surface area (Å²) in [5, 5.41) is 2.77.